The highest BCUT2D eigenvalue weighted by Gasteiger charge is 2.31. The molecular formula is C38H49N3O8S. The maximum absolute atomic E-state index is 13.2. The summed E-state index contributed by atoms with van der Waals surface area (Å²) in [6, 6.07) is 0.833. The Bertz CT molecular complexity index is 1580. The molecule has 2 aliphatic heterocycles. The van der Waals surface area contributed by atoms with Gasteiger partial charge in [0, 0.05) is 25.0 Å². The van der Waals surface area contributed by atoms with E-state index >= 15 is 0 Å². The third-order valence-corrected chi connectivity index (χ3v) is 10.2. The second-order valence-corrected chi connectivity index (χ2v) is 13.9. The smallest absolute Gasteiger partial charge is 0.328 e. The van der Waals surface area contributed by atoms with Crippen LogP contribution in [0, 0.1) is 5.92 Å². The van der Waals surface area contributed by atoms with Gasteiger partial charge >= 0.3 is 5.97 Å². The first-order valence-electron chi connectivity index (χ1n) is 17.2. The highest BCUT2D eigenvalue weighted by atomic mass is 32.2. The van der Waals surface area contributed by atoms with Crippen molar-refractivity contribution >= 4 is 46.8 Å². The Kier molecular flexibility index (Phi) is 14.5. The van der Waals surface area contributed by atoms with Crippen LogP contribution in [0.2, 0.25) is 0 Å². The lowest BCUT2D eigenvalue weighted by Gasteiger charge is -2.29. The number of fused-ring (bicyclic) bond motifs is 4. The van der Waals surface area contributed by atoms with E-state index in [4.69, 9.17) is 9.47 Å². The fourth-order valence-electron chi connectivity index (χ4n) is 6.00. The van der Waals surface area contributed by atoms with Crippen molar-refractivity contribution in [3.8, 4) is 5.75 Å². The Morgan fingerprint density at radius 1 is 1.04 bits per heavy atom. The maximum atomic E-state index is 13.2. The van der Waals surface area contributed by atoms with Gasteiger partial charge in [-0.25, -0.2) is 4.79 Å². The number of hydrogen-bond donors (Lipinski definition) is 5. The van der Waals surface area contributed by atoms with Gasteiger partial charge in [0.1, 0.15) is 17.9 Å². The fourth-order valence-corrected chi connectivity index (χ4v) is 6.91. The molecular weight excluding hydrogens is 658 g/mol. The van der Waals surface area contributed by atoms with Crippen LogP contribution in [0.3, 0.4) is 0 Å². The van der Waals surface area contributed by atoms with Crippen LogP contribution in [-0.2, 0) is 35.1 Å². The SMILES string of the molecule is CO[C@@H]1\C=C/C=C\C=C/C[C@H](OC(=O)[C@@H](C)NC(=O)C2=CCCCC2)[C@@H](C)[C@H](O)/C(C)=C\CCc2cc3c(c(c2O)NC(=O)C1)SCC(=O)N3. The molecule has 11 nitrogen and oxygen atoms in total. The molecule has 5 atom stereocenters. The first kappa shape index (κ1) is 38.7. The number of thioether (sulfide) groups is 1. The van der Waals surface area contributed by atoms with Gasteiger partial charge in [-0.3, -0.25) is 14.4 Å². The van der Waals surface area contributed by atoms with Crippen LogP contribution in [0.15, 0.2) is 70.7 Å². The number of hydrogen-bond acceptors (Lipinski definition) is 9. The van der Waals surface area contributed by atoms with Crippen LogP contribution in [0.1, 0.15) is 71.3 Å². The predicted octanol–water partition coefficient (Wildman–Crippen LogP) is 5.65. The van der Waals surface area contributed by atoms with Gasteiger partial charge < -0.3 is 35.6 Å². The van der Waals surface area contributed by atoms with E-state index in [9.17, 15) is 29.4 Å². The average Bonchev–Trinajstić information content (AvgIpc) is 3.10. The van der Waals surface area contributed by atoms with Crippen LogP contribution in [0.5, 0.6) is 5.75 Å². The third kappa shape index (κ3) is 10.7. The Morgan fingerprint density at radius 3 is 2.56 bits per heavy atom. The summed E-state index contributed by atoms with van der Waals surface area (Å²) in [5.41, 5.74) is 2.61. The number of aliphatic hydroxyl groups is 1. The van der Waals surface area contributed by atoms with Crippen LogP contribution < -0.4 is 16.0 Å². The molecule has 0 fully saturated rings. The lowest BCUT2D eigenvalue weighted by Crippen LogP contribution is -2.43. The number of carbonyl (C=O) groups excluding carboxylic acids is 4. The van der Waals surface area contributed by atoms with Gasteiger partial charge in [-0.05, 0) is 69.6 Å². The minimum Gasteiger partial charge on any atom is -0.505 e. The van der Waals surface area contributed by atoms with Crippen molar-refractivity contribution in [2.75, 3.05) is 23.5 Å². The van der Waals surface area contributed by atoms with Gasteiger partial charge in [-0.1, -0.05) is 55.5 Å². The summed E-state index contributed by atoms with van der Waals surface area (Å²) in [4.78, 5) is 51.8. The summed E-state index contributed by atoms with van der Waals surface area (Å²) in [6.07, 6.45) is 16.9. The minimum absolute atomic E-state index is 0.00657. The van der Waals surface area contributed by atoms with Crippen molar-refractivity contribution in [3.63, 3.8) is 0 Å². The number of methoxy groups -OCH3 is 1. The summed E-state index contributed by atoms with van der Waals surface area (Å²) >= 11 is 1.24. The number of carbonyl (C=O) groups is 4. The van der Waals surface area contributed by atoms with Crippen LogP contribution >= 0.6 is 11.8 Å². The van der Waals surface area contributed by atoms with E-state index in [0.717, 1.165) is 19.3 Å². The first-order valence-corrected chi connectivity index (χ1v) is 18.2. The lowest BCUT2D eigenvalue weighted by atomic mass is 9.90. The molecule has 0 saturated carbocycles. The molecule has 2 bridgehead atoms. The summed E-state index contributed by atoms with van der Waals surface area (Å²) in [5, 5.41) is 31.1. The van der Waals surface area contributed by atoms with E-state index in [1.165, 1.54) is 18.9 Å². The van der Waals surface area contributed by atoms with E-state index in [2.05, 4.69) is 16.0 Å². The molecule has 1 aliphatic carbocycles. The molecule has 0 saturated heterocycles. The minimum atomic E-state index is -0.959. The van der Waals surface area contributed by atoms with Gasteiger partial charge in [-0.15, -0.1) is 11.8 Å². The molecule has 0 spiro atoms. The van der Waals surface area contributed by atoms with Crippen molar-refractivity contribution < 1.29 is 38.9 Å². The van der Waals surface area contributed by atoms with E-state index in [1.807, 2.05) is 25.2 Å². The zero-order valence-corrected chi connectivity index (χ0v) is 30.0. The van der Waals surface area contributed by atoms with Crippen molar-refractivity contribution in [3.05, 3.63) is 71.4 Å². The molecule has 0 radical (unpaired) electrons. The number of aryl methyl sites for hydroxylation is 1. The summed E-state index contributed by atoms with van der Waals surface area (Å²) < 4.78 is 11.4. The fraction of sp³-hybridized carbons (Fsp3) is 0.474. The van der Waals surface area contributed by atoms with Crippen LogP contribution in [-0.4, -0.2) is 71.1 Å². The molecule has 0 aromatic heterocycles. The Labute approximate surface area is 298 Å². The number of rotatable bonds is 5. The van der Waals surface area contributed by atoms with Gasteiger partial charge in [0.25, 0.3) is 0 Å². The zero-order chi connectivity index (χ0) is 36.2. The molecule has 1 aromatic rings. The predicted molar refractivity (Wildman–Crippen MR) is 195 cm³/mol. The van der Waals surface area contributed by atoms with Crippen molar-refractivity contribution in [2.24, 2.45) is 5.92 Å². The van der Waals surface area contributed by atoms with E-state index in [-0.39, 0.29) is 41.3 Å². The first-order chi connectivity index (χ1) is 24.0. The highest BCUT2D eigenvalue weighted by Crippen LogP contribution is 2.45. The number of allylic oxidation sites excluding steroid dienone is 6. The number of amides is 3. The normalized spacial score (nSPS) is 27.3. The molecule has 3 amide bonds. The van der Waals surface area contributed by atoms with Crippen molar-refractivity contribution in [1.82, 2.24) is 5.32 Å². The summed E-state index contributed by atoms with van der Waals surface area (Å²) in [6.45, 7) is 5.20. The maximum Gasteiger partial charge on any atom is 0.328 e. The molecule has 2 heterocycles. The monoisotopic (exact) mass is 707 g/mol. The number of benzene rings is 1. The number of anilines is 2. The zero-order valence-electron chi connectivity index (χ0n) is 29.2. The standard InChI is InChI=1S/C38H49N3O8S/c1-23-14-13-17-27-20-29-36(50-22-32(43)40-29)33(35(27)45)41-31(42)21-28(48-4)18-11-6-5-7-12-19-30(24(2)34(23)44)49-38(47)25(3)39-37(46)26-15-9-8-10-16-26/h5-7,11-12,14-15,18,20,24-25,28,30,34,44-45H,8-10,13,16-17,19,21-22H2,1-4H3,(H,39,46)(H,40,43)(H,41,42)/b6-5-,12-7-,18-11-,23-14-/t24-,25-,28-,30+,34-/m1/s1. The number of esters is 1. The Balaban J connectivity index is 1.58. The van der Waals surface area contributed by atoms with Crippen LogP contribution in [0.4, 0.5) is 11.4 Å². The van der Waals surface area contributed by atoms with E-state index in [0.29, 0.717) is 53.0 Å². The van der Waals surface area contributed by atoms with Crippen molar-refractivity contribution in [1.29, 1.82) is 0 Å². The molecule has 3 aliphatic rings. The summed E-state index contributed by atoms with van der Waals surface area (Å²) in [7, 11) is 1.50. The third-order valence-electron chi connectivity index (χ3n) is 9.05. The van der Waals surface area contributed by atoms with Gasteiger partial charge in [0.2, 0.25) is 17.7 Å². The molecule has 270 valence electrons. The van der Waals surface area contributed by atoms with E-state index in [1.54, 1.807) is 50.3 Å². The molecule has 12 heteroatoms. The number of phenols is 1. The number of aromatic hydroxyl groups is 1. The Hall–Kier alpha value is -4.13. The molecule has 1 aromatic carbocycles. The second kappa shape index (κ2) is 18.7. The molecule has 0 unspecified atom stereocenters. The van der Waals surface area contributed by atoms with E-state index < -0.39 is 36.2 Å². The van der Waals surface area contributed by atoms with Gasteiger partial charge in [-0.2, -0.15) is 0 Å². The molecule has 5 N–H and O–H groups in total. The second-order valence-electron chi connectivity index (χ2n) is 12.9. The number of aliphatic hydroxyl groups excluding tert-OH is 1. The molecule has 4 rings (SSSR count). The van der Waals surface area contributed by atoms with Gasteiger partial charge in [0.15, 0.2) is 0 Å². The number of nitrogens with one attached hydrogen (secondary N) is 3. The average molecular weight is 708 g/mol. The number of phenolic OH excluding ortho intramolecular Hbond substituents is 1. The quantitative estimate of drug-likeness (QED) is 0.113. The van der Waals surface area contributed by atoms with Crippen molar-refractivity contribution in [2.45, 2.75) is 101 Å². The largest absolute Gasteiger partial charge is 0.505 e. The highest BCUT2D eigenvalue weighted by molar-refractivity contribution is 8.00. The Morgan fingerprint density at radius 2 is 1.82 bits per heavy atom. The van der Waals surface area contributed by atoms with Gasteiger partial charge in [0.05, 0.1) is 40.7 Å². The topological polar surface area (TPSA) is 163 Å². The summed E-state index contributed by atoms with van der Waals surface area (Å²) in [5.74, 6) is -1.83. The lowest BCUT2D eigenvalue weighted by molar-refractivity contribution is -0.156. The van der Waals surface area contributed by atoms with Crippen LogP contribution in [0.25, 0.3) is 0 Å². The molecule has 50 heavy (non-hydrogen) atoms. The number of ether oxygens (including phenoxy) is 2.